The molecule has 0 aromatic carbocycles. The fourth-order valence-electron chi connectivity index (χ4n) is 1.45. The standard InChI is InChI=1S/C12H24O5Si/c1-6-10-12(13)16-11(5)17-18(9-4,14-7-2)15-8-3/h6,10-11H,7-9H2,1-5H3. The first-order valence-corrected chi connectivity index (χ1v) is 8.25. The minimum atomic E-state index is -2.72. The molecule has 0 aromatic heterocycles. The highest BCUT2D eigenvalue weighted by Crippen LogP contribution is 2.18. The molecule has 0 aliphatic carbocycles. The quantitative estimate of drug-likeness (QED) is 0.280. The van der Waals surface area contributed by atoms with Crippen molar-refractivity contribution in [3.63, 3.8) is 0 Å². The molecule has 0 saturated carbocycles. The summed E-state index contributed by atoms with van der Waals surface area (Å²) in [6.45, 7) is 10.1. The average molecular weight is 276 g/mol. The number of ether oxygens (including phenoxy) is 1. The predicted octanol–water partition coefficient (Wildman–Crippen LogP) is 2.50. The Balaban J connectivity index is 4.50. The van der Waals surface area contributed by atoms with E-state index >= 15 is 0 Å². The number of hydrogen-bond acceptors (Lipinski definition) is 5. The van der Waals surface area contributed by atoms with Crippen molar-refractivity contribution in [2.45, 2.75) is 47.0 Å². The molecule has 0 rings (SSSR count). The Labute approximate surface area is 110 Å². The van der Waals surface area contributed by atoms with Crippen LogP contribution in [0.5, 0.6) is 0 Å². The normalized spacial score (nSPS) is 13.8. The van der Waals surface area contributed by atoms with Crippen LogP contribution in [0.1, 0.15) is 34.6 Å². The summed E-state index contributed by atoms with van der Waals surface area (Å²) in [5.74, 6) is -0.433. The van der Waals surface area contributed by atoms with Gasteiger partial charge in [-0.25, -0.2) is 4.79 Å². The highest BCUT2D eigenvalue weighted by atomic mass is 28.4. The largest absolute Gasteiger partial charge is 0.503 e. The maximum Gasteiger partial charge on any atom is 0.503 e. The average Bonchev–Trinajstić information content (AvgIpc) is 2.29. The fourth-order valence-corrected chi connectivity index (χ4v) is 3.68. The van der Waals surface area contributed by atoms with Crippen LogP contribution >= 0.6 is 0 Å². The van der Waals surface area contributed by atoms with Crippen LogP contribution in [0, 0.1) is 0 Å². The summed E-state index contributed by atoms with van der Waals surface area (Å²) in [6, 6.07) is 0.639. The van der Waals surface area contributed by atoms with Crippen LogP contribution in [0.3, 0.4) is 0 Å². The molecule has 0 aromatic rings. The molecule has 0 bridgehead atoms. The fraction of sp³-hybridized carbons (Fsp3) is 0.750. The van der Waals surface area contributed by atoms with Gasteiger partial charge < -0.3 is 18.0 Å². The molecule has 5 nitrogen and oxygen atoms in total. The molecule has 0 amide bonds. The lowest BCUT2D eigenvalue weighted by atomic mass is 10.5. The van der Waals surface area contributed by atoms with Crippen LogP contribution in [-0.2, 0) is 22.8 Å². The van der Waals surface area contributed by atoms with Gasteiger partial charge in [-0.2, -0.15) is 0 Å². The second kappa shape index (κ2) is 9.27. The van der Waals surface area contributed by atoms with Gasteiger partial charge in [-0.15, -0.1) is 0 Å². The summed E-state index contributed by atoms with van der Waals surface area (Å²) >= 11 is 0. The van der Waals surface area contributed by atoms with Crippen molar-refractivity contribution in [3.8, 4) is 0 Å². The van der Waals surface area contributed by atoms with Gasteiger partial charge in [0.25, 0.3) is 0 Å². The van der Waals surface area contributed by atoms with E-state index in [2.05, 4.69) is 0 Å². The van der Waals surface area contributed by atoms with Crippen LogP contribution in [-0.4, -0.2) is 34.3 Å². The molecule has 106 valence electrons. The molecule has 0 saturated heterocycles. The van der Waals surface area contributed by atoms with Crippen molar-refractivity contribution in [2.24, 2.45) is 0 Å². The summed E-state index contributed by atoms with van der Waals surface area (Å²) in [5.41, 5.74) is 0. The lowest BCUT2D eigenvalue weighted by Crippen LogP contribution is -2.48. The summed E-state index contributed by atoms with van der Waals surface area (Å²) in [5, 5.41) is 0. The minimum absolute atomic E-state index is 0.433. The molecule has 0 spiro atoms. The van der Waals surface area contributed by atoms with Gasteiger partial charge in [0, 0.05) is 25.3 Å². The minimum Gasteiger partial charge on any atom is -0.434 e. The van der Waals surface area contributed by atoms with Gasteiger partial charge in [0.2, 0.25) is 0 Å². The molecule has 0 aliphatic heterocycles. The first kappa shape index (κ1) is 17.3. The van der Waals surface area contributed by atoms with Crippen LogP contribution in [0.15, 0.2) is 12.2 Å². The molecule has 0 radical (unpaired) electrons. The molecule has 0 fully saturated rings. The molecule has 0 N–H and O–H groups in total. The first-order valence-electron chi connectivity index (χ1n) is 6.32. The van der Waals surface area contributed by atoms with E-state index in [0.717, 1.165) is 0 Å². The van der Waals surface area contributed by atoms with E-state index in [-0.39, 0.29) is 0 Å². The van der Waals surface area contributed by atoms with Crippen molar-refractivity contribution < 1.29 is 22.8 Å². The van der Waals surface area contributed by atoms with Gasteiger partial charge in [-0.05, 0) is 27.7 Å². The SMILES string of the molecule is CC=CC(=O)OC(C)O[Si](CC)(OCC)OCC. The Morgan fingerprint density at radius 2 is 1.78 bits per heavy atom. The molecular formula is C12H24O5Si. The summed E-state index contributed by atoms with van der Waals surface area (Å²) < 4.78 is 22.0. The maximum atomic E-state index is 11.3. The Morgan fingerprint density at radius 3 is 2.17 bits per heavy atom. The maximum absolute atomic E-state index is 11.3. The molecule has 18 heavy (non-hydrogen) atoms. The Bertz CT molecular complexity index is 261. The van der Waals surface area contributed by atoms with Crippen LogP contribution in [0.4, 0.5) is 0 Å². The van der Waals surface area contributed by atoms with E-state index in [9.17, 15) is 4.79 Å². The number of rotatable bonds is 9. The Hall–Kier alpha value is -0.693. The van der Waals surface area contributed by atoms with E-state index in [4.69, 9.17) is 18.0 Å². The summed E-state index contributed by atoms with van der Waals surface area (Å²) in [6.07, 6.45) is 2.28. The van der Waals surface area contributed by atoms with E-state index in [1.54, 1.807) is 19.9 Å². The van der Waals surface area contributed by atoms with E-state index in [1.807, 2.05) is 20.8 Å². The smallest absolute Gasteiger partial charge is 0.434 e. The predicted molar refractivity (Wildman–Crippen MR) is 70.9 cm³/mol. The van der Waals surface area contributed by atoms with Crippen molar-refractivity contribution in [3.05, 3.63) is 12.2 Å². The number of esters is 1. The first-order chi connectivity index (χ1) is 8.53. The molecule has 0 heterocycles. The molecule has 6 heteroatoms. The van der Waals surface area contributed by atoms with Gasteiger partial charge in [0.05, 0.1) is 0 Å². The highest BCUT2D eigenvalue weighted by molar-refractivity contribution is 6.60. The van der Waals surface area contributed by atoms with Crippen molar-refractivity contribution in [1.82, 2.24) is 0 Å². The van der Waals surface area contributed by atoms with Crippen LogP contribution in [0.2, 0.25) is 6.04 Å². The molecule has 1 unspecified atom stereocenters. The number of carbonyl (C=O) groups is 1. The monoisotopic (exact) mass is 276 g/mol. The third-order valence-electron chi connectivity index (χ3n) is 2.09. The number of carbonyl (C=O) groups excluding carboxylic acids is 1. The van der Waals surface area contributed by atoms with Crippen LogP contribution in [0.25, 0.3) is 0 Å². The zero-order valence-electron chi connectivity index (χ0n) is 11.9. The summed E-state index contributed by atoms with van der Waals surface area (Å²) in [4.78, 5) is 11.3. The number of hydrogen-bond donors (Lipinski definition) is 0. The van der Waals surface area contributed by atoms with Gasteiger partial charge in [-0.1, -0.05) is 13.0 Å². The van der Waals surface area contributed by atoms with Crippen LogP contribution < -0.4 is 0 Å². The lowest BCUT2D eigenvalue weighted by Gasteiger charge is -2.30. The molecular weight excluding hydrogens is 252 g/mol. The molecule has 1 atom stereocenters. The van der Waals surface area contributed by atoms with E-state index in [1.165, 1.54) is 6.08 Å². The zero-order chi connectivity index (χ0) is 14.0. The van der Waals surface area contributed by atoms with Gasteiger partial charge in [0.15, 0.2) is 6.29 Å². The third kappa shape index (κ3) is 6.30. The molecule has 0 aliphatic rings. The number of allylic oxidation sites excluding steroid dienone is 1. The van der Waals surface area contributed by atoms with Gasteiger partial charge >= 0.3 is 14.8 Å². The second-order valence-corrected chi connectivity index (χ2v) is 6.41. The van der Waals surface area contributed by atoms with Crippen molar-refractivity contribution in [2.75, 3.05) is 13.2 Å². The highest BCUT2D eigenvalue weighted by Gasteiger charge is 2.41. The Morgan fingerprint density at radius 1 is 1.22 bits per heavy atom. The Kier molecular flexibility index (Phi) is 8.91. The topological polar surface area (TPSA) is 54.0 Å². The van der Waals surface area contributed by atoms with Gasteiger partial charge in [-0.3, -0.25) is 0 Å². The van der Waals surface area contributed by atoms with E-state index in [0.29, 0.717) is 19.3 Å². The van der Waals surface area contributed by atoms with Gasteiger partial charge in [0.1, 0.15) is 0 Å². The van der Waals surface area contributed by atoms with Crippen molar-refractivity contribution in [1.29, 1.82) is 0 Å². The second-order valence-electron chi connectivity index (χ2n) is 3.52. The van der Waals surface area contributed by atoms with Crippen molar-refractivity contribution >= 4 is 14.8 Å². The third-order valence-corrected chi connectivity index (χ3v) is 5.11. The summed E-state index contributed by atoms with van der Waals surface area (Å²) in [7, 11) is -2.72. The lowest BCUT2D eigenvalue weighted by molar-refractivity contribution is -0.161. The zero-order valence-corrected chi connectivity index (χ0v) is 12.9. The van der Waals surface area contributed by atoms with E-state index < -0.39 is 21.1 Å².